The molecule has 1 amide bonds. The average molecular weight is 273 g/mol. The second kappa shape index (κ2) is 6.23. The van der Waals surface area contributed by atoms with Gasteiger partial charge in [0, 0.05) is 12.0 Å². The number of amides is 1. The van der Waals surface area contributed by atoms with Crippen LogP contribution in [0.1, 0.15) is 26.0 Å². The molecule has 2 aromatic rings. The number of nitrogens with one attached hydrogen (secondary N) is 2. The molecule has 0 bridgehead atoms. The van der Waals surface area contributed by atoms with Crippen molar-refractivity contribution < 1.29 is 9.53 Å². The van der Waals surface area contributed by atoms with E-state index in [9.17, 15) is 4.79 Å². The molecule has 0 saturated heterocycles. The summed E-state index contributed by atoms with van der Waals surface area (Å²) in [6.07, 6.45) is 1.21. The minimum Gasteiger partial charge on any atom is -0.497 e. The van der Waals surface area contributed by atoms with Crippen molar-refractivity contribution in [1.29, 1.82) is 0 Å². The molecule has 0 atom stereocenters. The number of aryl methyl sites for hydroxylation is 1. The van der Waals surface area contributed by atoms with E-state index in [-0.39, 0.29) is 5.91 Å². The van der Waals surface area contributed by atoms with Crippen LogP contribution in [0, 0.1) is 0 Å². The van der Waals surface area contributed by atoms with E-state index in [4.69, 9.17) is 4.74 Å². The molecule has 1 aromatic heterocycles. The lowest BCUT2D eigenvalue weighted by Crippen LogP contribution is -2.11. The molecule has 0 saturated carbocycles. The normalized spacial score (nSPS) is 10.3. The number of ether oxygens (including phenoxy) is 1. The molecule has 2 rings (SSSR count). The van der Waals surface area contributed by atoms with Gasteiger partial charge in [0.25, 0.3) is 0 Å². The molecule has 0 radical (unpaired) electrons. The number of H-pyrrole nitrogens is 1. The lowest BCUT2D eigenvalue weighted by Gasteiger charge is -2.07. The zero-order chi connectivity index (χ0) is 14.5. The van der Waals surface area contributed by atoms with Gasteiger partial charge < -0.3 is 10.1 Å². The predicted molar refractivity (Wildman–Crippen MR) is 78.9 cm³/mol. The third-order valence-corrected chi connectivity index (χ3v) is 3.12. The van der Waals surface area contributed by atoms with Crippen molar-refractivity contribution in [2.24, 2.45) is 0 Å². The van der Waals surface area contributed by atoms with Crippen LogP contribution in [0.15, 0.2) is 24.3 Å². The average Bonchev–Trinajstić information content (AvgIpc) is 2.89. The molecule has 0 aliphatic heterocycles. The summed E-state index contributed by atoms with van der Waals surface area (Å²) in [4.78, 5) is 11.7. The van der Waals surface area contributed by atoms with Crippen LogP contribution in [0.25, 0.3) is 11.3 Å². The molecule has 106 valence electrons. The summed E-state index contributed by atoms with van der Waals surface area (Å²) in [5, 5.41) is 10.2. The highest BCUT2D eigenvalue weighted by Gasteiger charge is 2.16. The number of aromatic amines is 1. The first-order valence-electron chi connectivity index (χ1n) is 6.71. The molecule has 0 unspecified atom stereocenters. The number of carbonyl (C=O) groups excluding carboxylic acids is 1. The highest BCUT2D eigenvalue weighted by Crippen LogP contribution is 2.31. The van der Waals surface area contributed by atoms with Crippen LogP contribution >= 0.6 is 0 Å². The number of hydrogen-bond acceptors (Lipinski definition) is 3. The predicted octanol–water partition coefficient (Wildman–Crippen LogP) is 3.00. The summed E-state index contributed by atoms with van der Waals surface area (Å²) >= 11 is 0. The molecule has 20 heavy (non-hydrogen) atoms. The monoisotopic (exact) mass is 273 g/mol. The molecule has 5 heteroatoms. The lowest BCUT2D eigenvalue weighted by atomic mass is 10.1. The first-order valence-corrected chi connectivity index (χ1v) is 6.71. The molecule has 1 heterocycles. The van der Waals surface area contributed by atoms with E-state index in [0.29, 0.717) is 6.42 Å². The van der Waals surface area contributed by atoms with E-state index in [0.717, 1.165) is 34.8 Å². The van der Waals surface area contributed by atoms with Crippen LogP contribution < -0.4 is 10.1 Å². The van der Waals surface area contributed by atoms with Crippen LogP contribution in [-0.2, 0) is 11.2 Å². The smallest absolute Gasteiger partial charge is 0.224 e. The van der Waals surface area contributed by atoms with Crippen molar-refractivity contribution in [2.75, 3.05) is 12.4 Å². The van der Waals surface area contributed by atoms with Crippen molar-refractivity contribution in [1.82, 2.24) is 10.2 Å². The fraction of sp³-hybridized carbons (Fsp3) is 0.333. The molecule has 0 aliphatic rings. The van der Waals surface area contributed by atoms with Crippen molar-refractivity contribution in [2.45, 2.75) is 26.7 Å². The maximum absolute atomic E-state index is 11.7. The summed E-state index contributed by atoms with van der Waals surface area (Å²) in [5.74, 6) is 0.738. The summed E-state index contributed by atoms with van der Waals surface area (Å²) in [7, 11) is 1.63. The molecule has 0 fully saturated rings. The van der Waals surface area contributed by atoms with Crippen LogP contribution in [0.5, 0.6) is 5.75 Å². The van der Waals surface area contributed by atoms with E-state index in [2.05, 4.69) is 15.5 Å². The number of carbonyl (C=O) groups is 1. The zero-order valence-corrected chi connectivity index (χ0v) is 12.0. The maximum Gasteiger partial charge on any atom is 0.224 e. The molecule has 5 nitrogen and oxygen atoms in total. The Kier molecular flexibility index (Phi) is 4.40. The first-order chi connectivity index (χ1) is 9.69. The van der Waals surface area contributed by atoms with Gasteiger partial charge in [0.15, 0.2) is 0 Å². The van der Waals surface area contributed by atoms with Gasteiger partial charge in [-0.2, -0.15) is 5.10 Å². The topological polar surface area (TPSA) is 67.0 Å². The third-order valence-electron chi connectivity index (χ3n) is 3.12. The van der Waals surface area contributed by atoms with Crippen molar-refractivity contribution in [3.05, 3.63) is 30.0 Å². The number of rotatable bonds is 5. The number of aromatic nitrogens is 2. The van der Waals surface area contributed by atoms with Crippen molar-refractivity contribution in [3.63, 3.8) is 0 Å². The van der Waals surface area contributed by atoms with Crippen LogP contribution in [0.2, 0.25) is 0 Å². The highest BCUT2D eigenvalue weighted by atomic mass is 16.5. The van der Waals surface area contributed by atoms with Gasteiger partial charge in [-0.25, -0.2) is 0 Å². The first kappa shape index (κ1) is 14.1. The van der Waals surface area contributed by atoms with E-state index in [1.54, 1.807) is 7.11 Å². The largest absolute Gasteiger partial charge is 0.497 e. The van der Waals surface area contributed by atoms with Gasteiger partial charge in [0.1, 0.15) is 11.4 Å². The summed E-state index contributed by atoms with van der Waals surface area (Å²) in [6.45, 7) is 3.84. The number of benzene rings is 1. The van der Waals surface area contributed by atoms with Gasteiger partial charge in [-0.3, -0.25) is 9.89 Å². The molecule has 0 spiro atoms. The molecule has 2 N–H and O–H groups in total. The number of anilines is 1. The lowest BCUT2D eigenvalue weighted by molar-refractivity contribution is -0.115. The molecule has 1 aromatic carbocycles. The van der Waals surface area contributed by atoms with E-state index in [1.807, 2.05) is 38.1 Å². The number of hydrogen-bond donors (Lipinski definition) is 2. The second-order valence-electron chi connectivity index (χ2n) is 4.41. The molecular weight excluding hydrogens is 254 g/mol. The molecular formula is C15H19N3O2. The Morgan fingerprint density at radius 1 is 1.40 bits per heavy atom. The van der Waals surface area contributed by atoms with Crippen LogP contribution in [-0.4, -0.2) is 23.2 Å². The summed E-state index contributed by atoms with van der Waals surface area (Å²) in [6, 6.07) is 7.62. The third kappa shape index (κ3) is 2.82. The van der Waals surface area contributed by atoms with Gasteiger partial charge in [-0.05, 0) is 18.6 Å². The van der Waals surface area contributed by atoms with E-state index < -0.39 is 0 Å². The Bertz CT molecular complexity index is 605. The van der Waals surface area contributed by atoms with Gasteiger partial charge >= 0.3 is 0 Å². The zero-order valence-electron chi connectivity index (χ0n) is 12.0. The Hall–Kier alpha value is -2.30. The quantitative estimate of drug-likeness (QED) is 0.880. The Labute approximate surface area is 118 Å². The minimum atomic E-state index is -0.0229. The fourth-order valence-corrected chi connectivity index (χ4v) is 1.98. The molecule has 0 aliphatic carbocycles. The van der Waals surface area contributed by atoms with Gasteiger partial charge in [0.05, 0.1) is 18.5 Å². The van der Waals surface area contributed by atoms with E-state index in [1.165, 1.54) is 0 Å². The van der Waals surface area contributed by atoms with Crippen LogP contribution in [0.4, 0.5) is 5.69 Å². The second-order valence-corrected chi connectivity index (χ2v) is 4.41. The fourth-order valence-electron chi connectivity index (χ4n) is 1.98. The Morgan fingerprint density at radius 3 is 2.85 bits per heavy atom. The van der Waals surface area contributed by atoms with E-state index >= 15 is 0 Å². The SMILES string of the molecule is CCC(=O)Nc1c(-c2cccc(OC)c2)n[nH]c1CC. The van der Waals surface area contributed by atoms with Gasteiger partial charge in [0.2, 0.25) is 5.91 Å². The Morgan fingerprint density at radius 2 is 2.20 bits per heavy atom. The van der Waals surface area contributed by atoms with Crippen LogP contribution in [0.3, 0.4) is 0 Å². The van der Waals surface area contributed by atoms with Gasteiger partial charge in [-0.1, -0.05) is 26.0 Å². The summed E-state index contributed by atoms with van der Waals surface area (Å²) in [5.41, 5.74) is 3.33. The highest BCUT2D eigenvalue weighted by molar-refractivity contribution is 5.95. The minimum absolute atomic E-state index is 0.0229. The summed E-state index contributed by atoms with van der Waals surface area (Å²) < 4.78 is 5.23. The number of methoxy groups -OCH3 is 1. The number of nitrogens with zero attached hydrogens (tertiary/aromatic N) is 1. The van der Waals surface area contributed by atoms with Crippen molar-refractivity contribution in [3.8, 4) is 17.0 Å². The van der Waals surface area contributed by atoms with Crippen molar-refractivity contribution >= 4 is 11.6 Å². The Balaban J connectivity index is 2.44. The van der Waals surface area contributed by atoms with Gasteiger partial charge in [-0.15, -0.1) is 0 Å². The maximum atomic E-state index is 11.7. The standard InChI is InChI=1S/C15H19N3O2/c1-4-12-15(16-13(19)5-2)14(18-17-12)10-7-6-8-11(9-10)20-3/h6-9H,4-5H2,1-3H3,(H,16,19)(H,17,18).